The summed E-state index contributed by atoms with van der Waals surface area (Å²) in [6, 6.07) is 6.11. The summed E-state index contributed by atoms with van der Waals surface area (Å²) in [4.78, 5) is 25.7. The summed E-state index contributed by atoms with van der Waals surface area (Å²) in [6.07, 6.45) is -1.16. The Morgan fingerprint density at radius 1 is 1.33 bits per heavy atom. The molecule has 1 aliphatic heterocycles. The van der Waals surface area contributed by atoms with E-state index in [1.54, 1.807) is 19.1 Å². The highest BCUT2D eigenvalue weighted by Gasteiger charge is 2.36. The van der Waals surface area contributed by atoms with Gasteiger partial charge in [0.2, 0.25) is 10.0 Å². The van der Waals surface area contributed by atoms with Crippen molar-refractivity contribution in [2.45, 2.75) is 36.7 Å². The minimum Gasteiger partial charge on any atom is -0.390 e. The summed E-state index contributed by atoms with van der Waals surface area (Å²) in [7, 11) is -3.77. The Bertz CT molecular complexity index is 1050. The summed E-state index contributed by atoms with van der Waals surface area (Å²) >= 11 is 3.24. The molecule has 1 fully saturated rings. The van der Waals surface area contributed by atoms with Crippen molar-refractivity contribution >= 4 is 26.0 Å². The Kier molecular flexibility index (Phi) is 5.68. The van der Waals surface area contributed by atoms with Crippen LogP contribution < -0.4 is 16.0 Å². The molecular weight excluding hydrogens is 442 g/mol. The highest BCUT2D eigenvalue weighted by atomic mass is 79.9. The third-order valence-electron chi connectivity index (χ3n) is 4.26. The molecule has 0 aliphatic carbocycles. The molecule has 2 aromatic rings. The number of sulfonamides is 1. The van der Waals surface area contributed by atoms with E-state index in [9.17, 15) is 23.1 Å². The fraction of sp³-hybridized carbons (Fsp3) is 0.375. The van der Waals surface area contributed by atoms with Gasteiger partial charge in [-0.15, -0.1) is 0 Å². The molecule has 0 radical (unpaired) electrons. The van der Waals surface area contributed by atoms with Crippen LogP contribution in [0, 0.1) is 6.92 Å². The van der Waals surface area contributed by atoms with Crippen LogP contribution in [0.1, 0.15) is 18.2 Å². The Balaban J connectivity index is 1.70. The van der Waals surface area contributed by atoms with Crippen molar-refractivity contribution in [1.29, 1.82) is 0 Å². The Morgan fingerprint density at radius 2 is 2.00 bits per heavy atom. The molecule has 0 spiro atoms. The average Bonchev–Trinajstić information content (AvgIpc) is 2.97. The van der Waals surface area contributed by atoms with Crippen molar-refractivity contribution < 1.29 is 18.3 Å². The molecule has 3 atom stereocenters. The summed E-state index contributed by atoms with van der Waals surface area (Å²) in [6.45, 7) is 1.39. The van der Waals surface area contributed by atoms with Gasteiger partial charge in [0, 0.05) is 29.2 Å². The number of aryl methyl sites for hydroxylation is 1. The molecule has 1 aliphatic rings. The lowest BCUT2D eigenvalue weighted by Crippen LogP contribution is -2.37. The molecule has 11 heteroatoms. The van der Waals surface area contributed by atoms with Gasteiger partial charge in [-0.25, -0.2) is 17.9 Å². The Labute approximate surface area is 163 Å². The van der Waals surface area contributed by atoms with E-state index in [0.717, 1.165) is 4.47 Å². The van der Waals surface area contributed by atoms with E-state index in [-0.39, 0.29) is 17.9 Å². The minimum absolute atomic E-state index is 0.0854. The zero-order valence-corrected chi connectivity index (χ0v) is 16.7. The molecule has 9 nitrogen and oxygen atoms in total. The van der Waals surface area contributed by atoms with E-state index < -0.39 is 39.7 Å². The van der Waals surface area contributed by atoms with Crippen molar-refractivity contribution in [3.63, 3.8) is 0 Å². The molecule has 0 amide bonds. The van der Waals surface area contributed by atoms with Crippen molar-refractivity contribution in [3.05, 3.63) is 61.3 Å². The number of rotatable bonds is 5. The largest absolute Gasteiger partial charge is 0.390 e. The Morgan fingerprint density at radius 3 is 2.67 bits per heavy atom. The molecule has 0 unspecified atom stereocenters. The molecule has 0 saturated carbocycles. The predicted octanol–water partition coefficient (Wildman–Crippen LogP) is 0.234. The number of ether oxygens (including phenoxy) is 1. The van der Waals surface area contributed by atoms with E-state index in [4.69, 9.17) is 4.74 Å². The predicted molar refractivity (Wildman–Crippen MR) is 99.9 cm³/mol. The zero-order valence-electron chi connectivity index (χ0n) is 14.3. The third kappa shape index (κ3) is 4.38. The molecule has 1 aromatic carbocycles. The number of aromatic nitrogens is 2. The topological polar surface area (TPSA) is 130 Å². The monoisotopic (exact) mass is 459 g/mol. The standard InChI is InChI=1S/C16H18BrN3O6S/c1-9-8-20(16(23)19-15(9)22)14-6-12(21)13(26-14)7-18-27(24,25)11-4-2-10(17)3-5-11/h2-5,8,12-14,18,21H,6-7H2,1H3,(H,19,22,23)/t12-,13+,14+/m0/s1. The lowest BCUT2D eigenvalue weighted by atomic mass is 10.2. The van der Waals surface area contributed by atoms with Crippen LogP contribution in [0.2, 0.25) is 0 Å². The van der Waals surface area contributed by atoms with Crippen molar-refractivity contribution in [1.82, 2.24) is 14.3 Å². The van der Waals surface area contributed by atoms with E-state index in [2.05, 4.69) is 25.6 Å². The van der Waals surface area contributed by atoms with Crippen LogP contribution in [-0.4, -0.2) is 41.8 Å². The minimum atomic E-state index is -3.77. The van der Waals surface area contributed by atoms with E-state index in [1.165, 1.54) is 22.9 Å². The molecular formula is C16H18BrN3O6S. The van der Waals surface area contributed by atoms with Gasteiger partial charge in [0.1, 0.15) is 6.23 Å². The Hall–Kier alpha value is -1.79. The van der Waals surface area contributed by atoms with Crippen LogP contribution in [0.5, 0.6) is 0 Å². The van der Waals surface area contributed by atoms with Crippen LogP contribution >= 0.6 is 15.9 Å². The summed E-state index contributed by atoms with van der Waals surface area (Å²) in [5.74, 6) is 0. The van der Waals surface area contributed by atoms with Crippen molar-refractivity contribution in [3.8, 4) is 0 Å². The number of aliphatic hydroxyl groups is 1. The van der Waals surface area contributed by atoms with Crippen LogP contribution in [0.3, 0.4) is 0 Å². The van der Waals surface area contributed by atoms with Gasteiger partial charge in [-0.2, -0.15) is 0 Å². The summed E-state index contributed by atoms with van der Waals surface area (Å²) < 4.78 is 34.6. The second kappa shape index (κ2) is 7.68. The van der Waals surface area contributed by atoms with Crippen molar-refractivity contribution in [2.24, 2.45) is 0 Å². The first-order valence-corrected chi connectivity index (χ1v) is 10.4. The van der Waals surface area contributed by atoms with Crippen LogP contribution in [0.4, 0.5) is 0 Å². The lowest BCUT2D eigenvalue weighted by molar-refractivity contribution is -0.0169. The lowest BCUT2D eigenvalue weighted by Gasteiger charge is -2.17. The van der Waals surface area contributed by atoms with Crippen LogP contribution in [0.15, 0.2) is 49.4 Å². The maximum atomic E-state index is 12.3. The van der Waals surface area contributed by atoms with Gasteiger partial charge in [-0.1, -0.05) is 15.9 Å². The molecule has 3 N–H and O–H groups in total. The van der Waals surface area contributed by atoms with Gasteiger partial charge in [-0.3, -0.25) is 14.3 Å². The number of H-pyrrole nitrogens is 1. The number of benzene rings is 1. The van der Waals surface area contributed by atoms with Crippen LogP contribution in [0.25, 0.3) is 0 Å². The van der Waals surface area contributed by atoms with Gasteiger partial charge in [-0.05, 0) is 31.2 Å². The first-order valence-electron chi connectivity index (χ1n) is 8.08. The quantitative estimate of drug-likeness (QED) is 0.586. The van der Waals surface area contributed by atoms with E-state index >= 15 is 0 Å². The molecule has 146 valence electrons. The van der Waals surface area contributed by atoms with Crippen molar-refractivity contribution in [2.75, 3.05) is 6.54 Å². The second-order valence-corrected chi connectivity index (χ2v) is 8.90. The molecule has 0 bridgehead atoms. The molecule has 1 aromatic heterocycles. The van der Waals surface area contributed by atoms with Crippen LogP contribution in [-0.2, 0) is 14.8 Å². The van der Waals surface area contributed by atoms with Gasteiger partial charge in [0.05, 0.1) is 17.1 Å². The summed E-state index contributed by atoms with van der Waals surface area (Å²) in [5, 5.41) is 10.2. The molecule has 2 heterocycles. The van der Waals surface area contributed by atoms with E-state index in [1.807, 2.05) is 0 Å². The van der Waals surface area contributed by atoms with Gasteiger partial charge >= 0.3 is 5.69 Å². The summed E-state index contributed by atoms with van der Waals surface area (Å²) in [5.41, 5.74) is -0.820. The highest BCUT2D eigenvalue weighted by molar-refractivity contribution is 9.10. The number of aliphatic hydroxyl groups excluding tert-OH is 1. The second-order valence-electron chi connectivity index (χ2n) is 6.22. The number of halogens is 1. The molecule has 3 rings (SSSR count). The van der Waals surface area contributed by atoms with Gasteiger partial charge < -0.3 is 9.84 Å². The first kappa shape index (κ1) is 20.0. The average molecular weight is 460 g/mol. The number of aromatic amines is 1. The maximum absolute atomic E-state index is 12.3. The maximum Gasteiger partial charge on any atom is 0.330 e. The molecule has 1 saturated heterocycles. The number of hydrogen-bond donors (Lipinski definition) is 3. The molecule has 27 heavy (non-hydrogen) atoms. The zero-order chi connectivity index (χ0) is 19.8. The number of nitrogens with zero attached hydrogens (tertiary/aromatic N) is 1. The fourth-order valence-electron chi connectivity index (χ4n) is 2.76. The SMILES string of the molecule is Cc1cn([C@H]2C[C@H](O)[C@@H](CNS(=O)(=O)c3ccc(Br)cc3)O2)c(=O)[nH]c1=O. The van der Waals surface area contributed by atoms with Gasteiger partial charge in [0.15, 0.2) is 0 Å². The fourth-order valence-corrected chi connectivity index (χ4v) is 4.07. The first-order chi connectivity index (χ1) is 12.7. The third-order valence-corrected chi connectivity index (χ3v) is 6.23. The number of hydrogen-bond acceptors (Lipinski definition) is 6. The highest BCUT2D eigenvalue weighted by Crippen LogP contribution is 2.27. The normalized spacial score (nSPS) is 22.9. The van der Waals surface area contributed by atoms with Gasteiger partial charge in [0.25, 0.3) is 5.56 Å². The number of nitrogens with one attached hydrogen (secondary N) is 2. The smallest absolute Gasteiger partial charge is 0.330 e. The van der Waals surface area contributed by atoms with E-state index in [0.29, 0.717) is 5.56 Å².